The fourth-order valence-corrected chi connectivity index (χ4v) is 2.29. The summed E-state index contributed by atoms with van der Waals surface area (Å²) in [6.07, 6.45) is 2.97. The molecule has 0 bridgehead atoms. The average Bonchev–Trinajstić information content (AvgIpc) is 3.05. The number of nitrogens with one attached hydrogen (secondary N) is 1. The molecule has 3 rings (SSSR count). The van der Waals surface area contributed by atoms with Crippen molar-refractivity contribution in [1.29, 1.82) is 0 Å². The van der Waals surface area contributed by atoms with E-state index in [4.69, 9.17) is 11.6 Å². The molecule has 0 spiro atoms. The highest BCUT2D eigenvalue weighted by Gasteiger charge is 2.16. The lowest BCUT2D eigenvalue weighted by atomic mass is 10.2. The minimum absolute atomic E-state index is 0.0932. The molecule has 0 fully saturated rings. The Kier molecular flexibility index (Phi) is 4.07. The summed E-state index contributed by atoms with van der Waals surface area (Å²) in [5.41, 5.74) is 0.830. The summed E-state index contributed by atoms with van der Waals surface area (Å²) < 4.78 is 16.1. The van der Waals surface area contributed by atoms with Crippen LogP contribution in [0.15, 0.2) is 36.8 Å². The highest BCUT2D eigenvalue weighted by Crippen LogP contribution is 2.14. The fraction of sp³-hybridized carbons (Fsp3) is 0.143. The van der Waals surface area contributed by atoms with E-state index in [2.05, 4.69) is 20.5 Å². The van der Waals surface area contributed by atoms with Crippen LogP contribution in [0.25, 0.3) is 0 Å². The smallest absolute Gasteiger partial charge is 0.280 e. The van der Waals surface area contributed by atoms with Gasteiger partial charge in [0.05, 0.1) is 11.6 Å². The van der Waals surface area contributed by atoms with Crippen molar-refractivity contribution in [3.8, 4) is 0 Å². The zero-order chi connectivity index (χ0) is 16.4. The predicted molar refractivity (Wildman–Crippen MR) is 81.7 cm³/mol. The van der Waals surface area contributed by atoms with Crippen LogP contribution in [0.3, 0.4) is 0 Å². The molecule has 1 aromatic carbocycles. The summed E-state index contributed by atoms with van der Waals surface area (Å²) in [5, 5.41) is 10.8. The number of aromatic nitrogens is 5. The van der Waals surface area contributed by atoms with E-state index < -0.39 is 5.91 Å². The molecule has 0 saturated heterocycles. The second kappa shape index (κ2) is 6.17. The van der Waals surface area contributed by atoms with Gasteiger partial charge < -0.3 is 0 Å². The van der Waals surface area contributed by atoms with Gasteiger partial charge in [0.15, 0.2) is 5.69 Å². The molecule has 7 nitrogen and oxygen atoms in total. The van der Waals surface area contributed by atoms with Crippen LogP contribution in [-0.2, 0) is 13.6 Å². The van der Waals surface area contributed by atoms with Crippen LogP contribution in [0.2, 0.25) is 5.02 Å². The number of anilines is 1. The Bertz CT molecular complexity index is 859. The molecule has 3 aromatic rings. The molecule has 0 radical (unpaired) electrons. The molecule has 0 aliphatic carbocycles. The van der Waals surface area contributed by atoms with Crippen molar-refractivity contribution in [3.05, 3.63) is 58.9 Å². The molecule has 9 heteroatoms. The minimum Gasteiger partial charge on any atom is -0.288 e. The van der Waals surface area contributed by atoms with Gasteiger partial charge in [0.2, 0.25) is 5.95 Å². The van der Waals surface area contributed by atoms with Crippen molar-refractivity contribution in [3.63, 3.8) is 0 Å². The molecule has 23 heavy (non-hydrogen) atoms. The van der Waals surface area contributed by atoms with Crippen LogP contribution in [0.1, 0.15) is 16.1 Å². The van der Waals surface area contributed by atoms with Crippen LogP contribution in [0.5, 0.6) is 0 Å². The Balaban J connectivity index is 1.70. The molecule has 0 aliphatic heterocycles. The predicted octanol–water partition coefficient (Wildman–Crippen LogP) is 2.10. The number of amides is 1. The lowest BCUT2D eigenvalue weighted by molar-refractivity contribution is 0.102. The Morgan fingerprint density at radius 1 is 1.39 bits per heavy atom. The first kappa shape index (κ1) is 15.2. The largest absolute Gasteiger partial charge is 0.288 e. The maximum atomic E-state index is 13.2. The van der Waals surface area contributed by atoms with Crippen LogP contribution in [0, 0.1) is 5.82 Å². The quantitative estimate of drug-likeness (QED) is 0.792. The van der Waals surface area contributed by atoms with Crippen molar-refractivity contribution in [2.75, 3.05) is 5.32 Å². The number of carbonyl (C=O) groups excluding carboxylic acids is 1. The first-order chi connectivity index (χ1) is 11.0. The van der Waals surface area contributed by atoms with Gasteiger partial charge in [0.25, 0.3) is 5.91 Å². The molecule has 2 aromatic heterocycles. The van der Waals surface area contributed by atoms with Gasteiger partial charge in [-0.15, -0.1) is 5.10 Å². The van der Waals surface area contributed by atoms with Crippen molar-refractivity contribution in [2.24, 2.45) is 7.05 Å². The Morgan fingerprint density at radius 3 is 2.91 bits per heavy atom. The van der Waals surface area contributed by atoms with Gasteiger partial charge in [0.1, 0.15) is 12.1 Å². The van der Waals surface area contributed by atoms with E-state index in [1.54, 1.807) is 19.2 Å². The lowest BCUT2D eigenvalue weighted by Crippen LogP contribution is -2.15. The molecule has 1 amide bonds. The SMILES string of the molecule is Cn1cc(Cl)c(C(=O)Nc2ncn(Cc3cccc(F)c3)n2)n1. The van der Waals surface area contributed by atoms with Gasteiger partial charge in [-0.25, -0.2) is 14.1 Å². The monoisotopic (exact) mass is 334 g/mol. The first-order valence-electron chi connectivity index (χ1n) is 6.65. The average molecular weight is 335 g/mol. The molecule has 1 N–H and O–H groups in total. The maximum absolute atomic E-state index is 13.2. The standard InChI is InChI=1S/C14H12ClFN6O/c1-21-7-11(15)12(19-21)13(23)18-14-17-8-22(20-14)6-9-3-2-4-10(16)5-9/h2-5,7-8H,6H2,1H3,(H,18,20,23). The highest BCUT2D eigenvalue weighted by atomic mass is 35.5. The molecule has 0 aliphatic rings. The summed E-state index contributed by atoms with van der Waals surface area (Å²) >= 11 is 5.91. The van der Waals surface area contributed by atoms with E-state index in [0.29, 0.717) is 6.54 Å². The summed E-state index contributed by atoms with van der Waals surface area (Å²) in [5.74, 6) is -0.701. The number of halogens is 2. The van der Waals surface area contributed by atoms with Crippen LogP contribution >= 0.6 is 11.6 Å². The number of benzene rings is 1. The summed E-state index contributed by atoms with van der Waals surface area (Å²) in [6.45, 7) is 0.338. The zero-order valence-electron chi connectivity index (χ0n) is 12.1. The molecule has 0 unspecified atom stereocenters. The molecular formula is C14H12ClFN6O. The van der Waals surface area contributed by atoms with Gasteiger partial charge in [-0.1, -0.05) is 23.7 Å². The van der Waals surface area contributed by atoms with Gasteiger partial charge in [-0.05, 0) is 17.7 Å². The fourth-order valence-electron chi connectivity index (χ4n) is 2.02. The summed E-state index contributed by atoms with van der Waals surface area (Å²) in [6, 6.07) is 6.17. The zero-order valence-corrected chi connectivity index (χ0v) is 12.8. The summed E-state index contributed by atoms with van der Waals surface area (Å²) in [4.78, 5) is 16.0. The second-order valence-electron chi connectivity index (χ2n) is 4.85. The van der Waals surface area contributed by atoms with Gasteiger partial charge in [-0.3, -0.25) is 14.8 Å². The van der Waals surface area contributed by atoms with E-state index in [9.17, 15) is 9.18 Å². The van der Waals surface area contributed by atoms with Gasteiger partial charge in [0, 0.05) is 13.2 Å². The van der Waals surface area contributed by atoms with E-state index in [-0.39, 0.29) is 22.5 Å². The molecule has 118 valence electrons. The van der Waals surface area contributed by atoms with E-state index in [1.807, 2.05) is 0 Å². The Labute approximate surface area is 135 Å². The maximum Gasteiger partial charge on any atom is 0.280 e. The third-order valence-electron chi connectivity index (χ3n) is 2.99. The van der Waals surface area contributed by atoms with Gasteiger partial charge >= 0.3 is 0 Å². The number of aryl methyl sites for hydroxylation is 1. The van der Waals surface area contributed by atoms with Crippen LogP contribution < -0.4 is 5.32 Å². The third kappa shape index (κ3) is 3.54. The minimum atomic E-state index is -0.501. The van der Waals surface area contributed by atoms with E-state index in [0.717, 1.165) is 5.56 Å². The summed E-state index contributed by atoms with van der Waals surface area (Å²) in [7, 11) is 1.66. The van der Waals surface area contributed by atoms with Crippen LogP contribution in [0.4, 0.5) is 10.3 Å². The van der Waals surface area contributed by atoms with E-state index in [1.165, 1.54) is 34.0 Å². The number of hydrogen-bond donors (Lipinski definition) is 1. The second-order valence-corrected chi connectivity index (χ2v) is 5.26. The molecular weight excluding hydrogens is 323 g/mol. The van der Waals surface area contributed by atoms with Crippen molar-refractivity contribution >= 4 is 23.5 Å². The van der Waals surface area contributed by atoms with Crippen molar-refractivity contribution < 1.29 is 9.18 Å². The third-order valence-corrected chi connectivity index (χ3v) is 3.27. The van der Waals surface area contributed by atoms with Gasteiger partial charge in [-0.2, -0.15) is 5.10 Å². The number of nitrogens with zero attached hydrogens (tertiary/aromatic N) is 5. The number of rotatable bonds is 4. The Hall–Kier alpha value is -2.74. The van der Waals surface area contributed by atoms with Crippen molar-refractivity contribution in [1.82, 2.24) is 24.5 Å². The van der Waals surface area contributed by atoms with E-state index >= 15 is 0 Å². The van der Waals surface area contributed by atoms with Crippen LogP contribution in [-0.4, -0.2) is 30.5 Å². The lowest BCUT2D eigenvalue weighted by Gasteiger charge is -2.01. The number of carbonyl (C=O) groups is 1. The van der Waals surface area contributed by atoms with Crippen molar-refractivity contribution in [2.45, 2.75) is 6.54 Å². The topological polar surface area (TPSA) is 77.6 Å². The normalized spacial score (nSPS) is 10.7. The first-order valence-corrected chi connectivity index (χ1v) is 7.03. The molecule has 0 saturated carbocycles. The highest BCUT2D eigenvalue weighted by molar-refractivity contribution is 6.34. The molecule has 0 atom stereocenters. The number of hydrogen-bond acceptors (Lipinski definition) is 4. The Morgan fingerprint density at radius 2 is 2.22 bits per heavy atom. The molecule has 2 heterocycles.